The van der Waals surface area contributed by atoms with Gasteiger partial charge in [-0.3, -0.25) is 9.36 Å². The SMILES string of the molecule is CCc1ccc(C=c2sc3n(c2=O)C(N)=C(C#N)C(c2ccc(CC)cc2)C=3C#N)cc1. The number of allylic oxidation sites excluding steroid dienone is 1. The Hall–Kier alpha value is -3.87. The molecule has 1 aliphatic heterocycles. The maximum Gasteiger partial charge on any atom is 0.274 e. The van der Waals surface area contributed by atoms with Gasteiger partial charge in [-0.15, -0.1) is 11.3 Å². The van der Waals surface area contributed by atoms with Gasteiger partial charge in [0, 0.05) is 0 Å². The molecule has 1 aliphatic rings. The maximum atomic E-state index is 13.2. The highest BCUT2D eigenvalue weighted by Crippen LogP contribution is 2.35. The summed E-state index contributed by atoms with van der Waals surface area (Å²) in [5.41, 5.74) is 10.7. The minimum atomic E-state index is -0.592. The first kappa shape index (κ1) is 21.4. The Morgan fingerprint density at radius 3 is 2.06 bits per heavy atom. The van der Waals surface area contributed by atoms with Crippen LogP contribution in [-0.4, -0.2) is 4.57 Å². The zero-order valence-corrected chi connectivity index (χ0v) is 18.7. The van der Waals surface area contributed by atoms with E-state index in [0.717, 1.165) is 29.5 Å². The minimum absolute atomic E-state index is 0.0910. The van der Waals surface area contributed by atoms with Crippen molar-refractivity contribution in [3.63, 3.8) is 0 Å². The van der Waals surface area contributed by atoms with E-state index in [1.54, 1.807) is 6.08 Å². The van der Waals surface area contributed by atoms with Gasteiger partial charge in [0.1, 0.15) is 10.5 Å². The molecule has 2 heterocycles. The fourth-order valence-corrected chi connectivity index (χ4v) is 5.06. The molecule has 2 N–H and O–H groups in total. The van der Waals surface area contributed by atoms with Crippen LogP contribution < -0.4 is 20.5 Å². The first-order valence-electron chi connectivity index (χ1n) is 10.5. The smallest absolute Gasteiger partial charge is 0.274 e. The zero-order chi connectivity index (χ0) is 22.8. The van der Waals surface area contributed by atoms with E-state index in [-0.39, 0.29) is 17.0 Å². The molecule has 1 atom stereocenters. The Labute approximate surface area is 190 Å². The predicted octanol–water partition coefficient (Wildman–Crippen LogP) is 2.99. The van der Waals surface area contributed by atoms with Crippen molar-refractivity contribution in [1.82, 2.24) is 4.57 Å². The van der Waals surface area contributed by atoms with Crippen molar-refractivity contribution >= 4 is 28.8 Å². The second kappa shape index (κ2) is 8.70. The Bertz CT molecular complexity index is 1470. The van der Waals surface area contributed by atoms with Crippen molar-refractivity contribution < 1.29 is 0 Å². The second-order valence-electron chi connectivity index (χ2n) is 7.62. The molecule has 0 radical (unpaired) electrons. The average Bonchev–Trinajstić information content (AvgIpc) is 3.15. The van der Waals surface area contributed by atoms with E-state index in [4.69, 9.17) is 5.73 Å². The number of nitrogens with two attached hydrogens (primary N) is 1. The summed E-state index contributed by atoms with van der Waals surface area (Å²) in [6.45, 7) is 4.16. The topological polar surface area (TPSA) is 95.6 Å². The molecule has 1 aromatic heterocycles. The van der Waals surface area contributed by atoms with Gasteiger partial charge in [0.25, 0.3) is 5.56 Å². The van der Waals surface area contributed by atoms with Crippen LogP contribution in [0.3, 0.4) is 0 Å². The monoisotopic (exact) mass is 438 g/mol. The van der Waals surface area contributed by atoms with Crippen molar-refractivity contribution in [1.29, 1.82) is 10.5 Å². The van der Waals surface area contributed by atoms with Gasteiger partial charge in [0.2, 0.25) is 0 Å². The molecule has 0 spiro atoms. The minimum Gasteiger partial charge on any atom is -0.384 e. The van der Waals surface area contributed by atoms with Crippen LogP contribution in [-0.2, 0) is 12.8 Å². The lowest BCUT2D eigenvalue weighted by molar-refractivity contribution is 0.905. The van der Waals surface area contributed by atoms with E-state index in [9.17, 15) is 15.3 Å². The number of nitrogens with zero attached hydrogens (tertiary/aromatic N) is 3. The van der Waals surface area contributed by atoms with Crippen molar-refractivity contribution in [2.45, 2.75) is 32.6 Å². The fraction of sp³-hybridized carbons (Fsp3) is 0.192. The molecule has 6 heteroatoms. The van der Waals surface area contributed by atoms with E-state index in [0.29, 0.717) is 14.8 Å². The number of hydrogen-bond acceptors (Lipinski definition) is 5. The lowest BCUT2D eigenvalue weighted by Crippen LogP contribution is -2.38. The van der Waals surface area contributed by atoms with E-state index in [1.165, 1.54) is 21.5 Å². The van der Waals surface area contributed by atoms with Crippen molar-refractivity contribution in [3.8, 4) is 12.1 Å². The van der Waals surface area contributed by atoms with Gasteiger partial charge < -0.3 is 5.73 Å². The van der Waals surface area contributed by atoms with Gasteiger partial charge in [-0.25, -0.2) is 0 Å². The maximum absolute atomic E-state index is 13.2. The van der Waals surface area contributed by atoms with E-state index in [1.807, 2.05) is 48.5 Å². The number of aryl methyl sites for hydroxylation is 2. The van der Waals surface area contributed by atoms with Crippen LogP contribution in [0.25, 0.3) is 17.5 Å². The molecule has 0 amide bonds. The summed E-state index contributed by atoms with van der Waals surface area (Å²) in [6, 6.07) is 20.2. The molecule has 1 unspecified atom stereocenters. The van der Waals surface area contributed by atoms with Crippen LogP contribution in [0.2, 0.25) is 0 Å². The first-order valence-corrected chi connectivity index (χ1v) is 11.3. The number of benzene rings is 2. The number of fused-ring (bicyclic) bond motifs is 1. The number of rotatable bonds is 4. The summed E-state index contributed by atoms with van der Waals surface area (Å²) in [4.78, 5) is 13.2. The Morgan fingerprint density at radius 1 is 0.969 bits per heavy atom. The third-order valence-electron chi connectivity index (χ3n) is 5.80. The number of hydrogen-bond donors (Lipinski definition) is 1. The number of nitriles is 2. The summed E-state index contributed by atoms with van der Waals surface area (Å²) in [5, 5.41) is 19.9. The quantitative estimate of drug-likeness (QED) is 0.677. The zero-order valence-electron chi connectivity index (χ0n) is 17.9. The number of thiazole rings is 1. The summed E-state index contributed by atoms with van der Waals surface area (Å²) in [6.07, 6.45) is 3.64. The molecule has 32 heavy (non-hydrogen) atoms. The van der Waals surface area contributed by atoms with Gasteiger partial charge in [0.15, 0.2) is 0 Å². The molecule has 4 rings (SSSR count). The van der Waals surface area contributed by atoms with Crippen LogP contribution in [0.1, 0.15) is 42.0 Å². The number of aromatic nitrogens is 1. The largest absolute Gasteiger partial charge is 0.384 e. The Balaban J connectivity index is 1.97. The van der Waals surface area contributed by atoms with Crippen LogP contribution in [0.4, 0.5) is 0 Å². The molecule has 5 nitrogen and oxygen atoms in total. The molecule has 0 bridgehead atoms. The predicted molar refractivity (Wildman–Crippen MR) is 128 cm³/mol. The van der Waals surface area contributed by atoms with Crippen LogP contribution in [0.15, 0.2) is 58.9 Å². The van der Waals surface area contributed by atoms with Gasteiger partial charge in [0.05, 0.1) is 33.7 Å². The van der Waals surface area contributed by atoms with Gasteiger partial charge >= 0.3 is 0 Å². The molecule has 2 aromatic carbocycles. The summed E-state index contributed by atoms with van der Waals surface area (Å²) in [5.74, 6) is -0.501. The molecular formula is C26H22N4OS. The highest BCUT2D eigenvalue weighted by atomic mass is 32.1. The molecular weight excluding hydrogens is 416 g/mol. The lowest BCUT2D eigenvalue weighted by Gasteiger charge is -2.22. The van der Waals surface area contributed by atoms with E-state index in [2.05, 4.69) is 26.0 Å². The Morgan fingerprint density at radius 2 is 1.53 bits per heavy atom. The lowest BCUT2D eigenvalue weighted by atomic mass is 9.84. The molecule has 0 fully saturated rings. The Kier molecular flexibility index (Phi) is 5.81. The highest BCUT2D eigenvalue weighted by Gasteiger charge is 2.32. The molecule has 0 saturated carbocycles. The summed E-state index contributed by atoms with van der Waals surface area (Å²) in [7, 11) is 0. The van der Waals surface area contributed by atoms with Crippen LogP contribution in [0, 0.1) is 22.7 Å². The van der Waals surface area contributed by atoms with Crippen molar-refractivity contribution in [3.05, 3.63) is 95.9 Å². The average molecular weight is 439 g/mol. The van der Waals surface area contributed by atoms with Gasteiger partial charge in [-0.05, 0) is 41.2 Å². The summed E-state index contributed by atoms with van der Waals surface area (Å²) < 4.78 is 2.26. The second-order valence-corrected chi connectivity index (χ2v) is 8.65. The van der Waals surface area contributed by atoms with Crippen LogP contribution >= 0.6 is 11.3 Å². The molecule has 158 valence electrons. The fourth-order valence-electron chi connectivity index (χ4n) is 3.93. The van der Waals surface area contributed by atoms with E-state index < -0.39 is 5.92 Å². The standard InChI is InChI=1S/C26H22N4OS/c1-3-16-5-7-18(8-6-16)13-22-25(31)30-24(29)20(14-27)23(21(15-28)26(30)32-22)19-11-9-17(4-2)10-12-19/h5-13,23H,3-4,29H2,1-2H3. The summed E-state index contributed by atoms with van der Waals surface area (Å²) >= 11 is 1.23. The third kappa shape index (κ3) is 3.56. The van der Waals surface area contributed by atoms with E-state index >= 15 is 0 Å². The molecule has 0 aliphatic carbocycles. The van der Waals surface area contributed by atoms with Gasteiger partial charge in [-0.2, -0.15) is 10.5 Å². The first-order chi connectivity index (χ1) is 15.5. The molecule has 3 aromatic rings. The van der Waals surface area contributed by atoms with Gasteiger partial charge in [-0.1, -0.05) is 62.4 Å². The highest BCUT2D eigenvalue weighted by molar-refractivity contribution is 7.07. The normalized spacial score (nSPS) is 15.9. The van der Waals surface area contributed by atoms with Crippen molar-refractivity contribution in [2.24, 2.45) is 5.73 Å². The van der Waals surface area contributed by atoms with Crippen LogP contribution in [0.5, 0.6) is 0 Å². The van der Waals surface area contributed by atoms with Crippen molar-refractivity contribution in [2.75, 3.05) is 0 Å². The molecule has 0 saturated heterocycles. The third-order valence-corrected chi connectivity index (χ3v) is 6.90.